The summed E-state index contributed by atoms with van der Waals surface area (Å²) >= 11 is 13.2. The number of nitriles is 1. The van der Waals surface area contributed by atoms with Crippen LogP contribution in [0.5, 0.6) is 0 Å². The van der Waals surface area contributed by atoms with Crippen molar-refractivity contribution < 1.29 is 4.79 Å². The Morgan fingerprint density at radius 3 is 2.71 bits per heavy atom. The minimum atomic E-state index is -0.311. The van der Waals surface area contributed by atoms with Gasteiger partial charge in [0.15, 0.2) is 5.82 Å². The zero-order chi connectivity index (χ0) is 17.9. The zero-order valence-electron chi connectivity index (χ0n) is 13.1. The lowest BCUT2D eigenvalue weighted by molar-refractivity contribution is -0.113. The van der Waals surface area contributed by atoms with Crippen LogP contribution in [0.15, 0.2) is 11.2 Å². The Bertz CT molecular complexity index is 851. The molecule has 0 aliphatic carbocycles. The average Bonchev–Trinajstić information content (AvgIpc) is 2.53. The third kappa shape index (κ3) is 4.15. The van der Waals surface area contributed by atoms with Gasteiger partial charge in [-0.25, -0.2) is 15.0 Å². The van der Waals surface area contributed by atoms with Crippen molar-refractivity contribution in [1.29, 1.82) is 5.26 Å². The molecule has 0 saturated carbocycles. The van der Waals surface area contributed by atoms with Gasteiger partial charge in [0, 0.05) is 6.20 Å². The molecule has 2 rings (SSSR count). The van der Waals surface area contributed by atoms with Gasteiger partial charge in [-0.1, -0.05) is 35.0 Å². The van der Waals surface area contributed by atoms with Gasteiger partial charge in [-0.15, -0.1) is 0 Å². The Morgan fingerprint density at radius 2 is 2.04 bits per heavy atom. The van der Waals surface area contributed by atoms with Crippen molar-refractivity contribution in [2.45, 2.75) is 25.8 Å². The first kappa shape index (κ1) is 18.5. The molecule has 0 spiro atoms. The summed E-state index contributed by atoms with van der Waals surface area (Å²) in [5.41, 5.74) is 1.60. The van der Waals surface area contributed by atoms with E-state index in [1.165, 1.54) is 6.20 Å². The van der Waals surface area contributed by atoms with Gasteiger partial charge < -0.3 is 5.32 Å². The van der Waals surface area contributed by atoms with Crippen LogP contribution in [0.1, 0.15) is 22.6 Å². The van der Waals surface area contributed by atoms with E-state index in [1.807, 2.05) is 0 Å². The molecule has 0 fully saturated rings. The van der Waals surface area contributed by atoms with E-state index < -0.39 is 0 Å². The SMILES string of the molecule is Cc1nc(C)c(C#N)c(SCC(=O)Nc2ncc(Cl)c(C)c2Cl)n1. The number of hydrogen-bond acceptors (Lipinski definition) is 6. The van der Waals surface area contributed by atoms with Crippen LogP contribution >= 0.6 is 35.0 Å². The van der Waals surface area contributed by atoms with Crippen molar-refractivity contribution in [1.82, 2.24) is 15.0 Å². The molecule has 2 aromatic rings. The molecule has 0 aliphatic heterocycles. The molecule has 0 atom stereocenters. The number of nitrogens with one attached hydrogen (secondary N) is 1. The number of rotatable bonds is 4. The predicted octanol–water partition coefficient (Wildman–Crippen LogP) is 3.71. The quantitative estimate of drug-likeness (QED) is 0.640. The maximum atomic E-state index is 12.1. The van der Waals surface area contributed by atoms with Crippen molar-refractivity contribution >= 4 is 46.7 Å². The Balaban J connectivity index is 2.10. The van der Waals surface area contributed by atoms with Crippen molar-refractivity contribution in [2.24, 2.45) is 0 Å². The van der Waals surface area contributed by atoms with Gasteiger partial charge in [0.1, 0.15) is 22.5 Å². The summed E-state index contributed by atoms with van der Waals surface area (Å²) in [6.45, 7) is 5.21. The Hall–Kier alpha value is -1.88. The van der Waals surface area contributed by atoms with Gasteiger partial charge >= 0.3 is 0 Å². The second-order valence-corrected chi connectivity index (χ2v) is 6.63. The summed E-state index contributed by atoms with van der Waals surface area (Å²) in [6, 6.07) is 2.06. The molecule has 24 heavy (non-hydrogen) atoms. The molecule has 0 aromatic carbocycles. The Kier molecular flexibility index (Phi) is 5.99. The van der Waals surface area contributed by atoms with Crippen LogP contribution in [-0.4, -0.2) is 26.6 Å². The third-order valence-electron chi connectivity index (χ3n) is 3.08. The Labute approximate surface area is 153 Å². The van der Waals surface area contributed by atoms with Crippen molar-refractivity contribution in [3.05, 3.63) is 38.9 Å². The highest BCUT2D eigenvalue weighted by Gasteiger charge is 2.15. The molecular weight excluding hydrogens is 369 g/mol. The van der Waals surface area contributed by atoms with Crippen molar-refractivity contribution in [3.8, 4) is 6.07 Å². The molecule has 0 unspecified atom stereocenters. The van der Waals surface area contributed by atoms with Crippen LogP contribution in [0, 0.1) is 32.1 Å². The standard InChI is InChI=1S/C15H13Cl2N5OS/c1-7-11(16)5-19-14(13(7)17)22-12(23)6-24-15-10(4-18)8(2)20-9(3)21-15/h5H,6H2,1-3H3,(H,19,22,23). The molecule has 0 saturated heterocycles. The number of halogens is 2. The van der Waals surface area contributed by atoms with E-state index >= 15 is 0 Å². The van der Waals surface area contributed by atoms with Gasteiger partial charge in [-0.3, -0.25) is 4.79 Å². The molecule has 0 aliphatic rings. The molecule has 0 bridgehead atoms. The van der Waals surface area contributed by atoms with E-state index in [0.717, 1.165) is 11.8 Å². The second-order valence-electron chi connectivity index (χ2n) is 4.88. The number of anilines is 1. The number of nitrogens with zero attached hydrogens (tertiary/aromatic N) is 4. The molecule has 9 heteroatoms. The number of pyridine rings is 1. The van der Waals surface area contributed by atoms with Crippen LogP contribution in [0.25, 0.3) is 0 Å². The molecule has 0 radical (unpaired) electrons. The molecule has 124 valence electrons. The first-order valence-corrected chi connectivity index (χ1v) is 8.56. The Morgan fingerprint density at radius 1 is 1.33 bits per heavy atom. The fraction of sp³-hybridized carbons (Fsp3) is 0.267. The highest BCUT2D eigenvalue weighted by molar-refractivity contribution is 8.00. The predicted molar refractivity (Wildman–Crippen MR) is 94.6 cm³/mol. The summed E-state index contributed by atoms with van der Waals surface area (Å²) in [5, 5.41) is 13.0. The normalized spacial score (nSPS) is 10.3. The first-order valence-electron chi connectivity index (χ1n) is 6.82. The highest BCUT2D eigenvalue weighted by Crippen LogP contribution is 2.29. The van der Waals surface area contributed by atoms with E-state index in [4.69, 9.17) is 23.2 Å². The lowest BCUT2D eigenvalue weighted by Crippen LogP contribution is -2.16. The third-order valence-corrected chi connectivity index (χ3v) is 4.90. The van der Waals surface area contributed by atoms with Gasteiger partial charge in [0.2, 0.25) is 5.91 Å². The smallest absolute Gasteiger partial charge is 0.235 e. The largest absolute Gasteiger partial charge is 0.309 e. The average molecular weight is 382 g/mol. The van der Waals surface area contributed by atoms with Crippen molar-refractivity contribution in [3.63, 3.8) is 0 Å². The summed E-state index contributed by atoms with van der Waals surface area (Å²) in [4.78, 5) is 24.5. The summed E-state index contributed by atoms with van der Waals surface area (Å²) in [6.07, 6.45) is 1.43. The maximum Gasteiger partial charge on any atom is 0.235 e. The van der Waals surface area contributed by atoms with Gasteiger partial charge in [0.05, 0.1) is 21.5 Å². The topological polar surface area (TPSA) is 91.6 Å². The molecule has 2 aromatic heterocycles. The molecule has 2 heterocycles. The number of aryl methyl sites for hydroxylation is 2. The van der Waals surface area contributed by atoms with Gasteiger partial charge in [-0.2, -0.15) is 5.26 Å². The first-order chi connectivity index (χ1) is 11.3. The lowest BCUT2D eigenvalue weighted by atomic mass is 10.3. The fourth-order valence-corrected chi connectivity index (χ4v) is 3.12. The number of carbonyl (C=O) groups excluding carboxylic acids is 1. The van der Waals surface area contributed by atoms with Crippen LogP contribution in [0.4, 0.5) is 5.82 Å². The number of thioether (sulfide) groups is 1. The molecule has 1 amide bonds. The number of aromatic nitrogens is 3. The number of hydrogen-bond donors (Lipinski definition) is 1. The van der Waals surface area contributed by atoms with Crippen LogP contribution in [0.2, 0.25) is 10.0 Å². The zero-order valence-corrected chi connectivity index (χ0v) is 15.5. The van der Waals surface area contributed by atoms with Crippen LogP contribution in [-0.2, 0) is 4.79 Å². The summed E-state index contributed by atoms with van der Waals surface area (Å²) in [7, 11) is 0. The fourth-order valence-electron chi connectivity index (χ4n) is 1.86. The lowest BCUT2D eigenvalue weighted by Gasteiger charge is -2.09. The second kappa shape index (κ2) is 7.79. The highest BCUT2D eigenvalue weighted by atomic mass is 35.5. The van der Waals surface area contributed by atoms with Gasteiger partial charge in [0.25, 0.3) is 0 Å². The maximum absolute atomic E-state index is 12.1. The van der Waals surface area contributed by atoms with Gasteiger partial charge in [-0.05, 0) is 26.3 Å². The van der Waals surface area contributed by atoms with E-state index in [-0.39, 0.29) is 17.5 Å². The van der Waals surface area contributed by atoms with Crippen LogP contribution in [0.3, 0.4) is 0 Å². The summed E-state index contributed by atoms with van der Waals surface area (Å²) in [5.74, 6) is 0.547. The van der Waals surface area contributed by atoms with E-state index in [9.17, 15) is 10.1 Å². The van der Waals surface area contributed by atoms with E-state index in [1.54, 1.807) is 20.8 Å². The van der Waals surface area contributed by atoms with Crippen molar-refractivity contribution in [2.75, 3.05) is 11.1 Å². The van der Waals surface area contributed by atoms with E-state index in [0.29, 0.717) is 37.7 Å². The monoisotopic (exact) mass is 381 g/mol. The minimum absolute atomic E-state index is 0.0598. The molecule has 1 N–H and O–H groups in total. The number of amides is 1. The molecular formula is C15H13Cl2N5OS. The number of carbonyl (C=O) groups is 1. The molecule has 6 nitrogen and oxygen atoms in total. The van der Waals surface area contributed by atoms with Crippen LogP contribution < -0.4 is 5.32 Å². The van der Waals surface area contributed by atoms with E-state index in [2.05, 4.69) is 26.3 Å². The minimum Gasteiger partial charge on any atom is -0.309 e. The summed E-state index contributed by atoms with van der Waals surface area (Å²) < 4.78 is 0.